The SMILES string of the molecule is C=CC(=O)OCCCC(CCCCCCCCC)C(OC)OC. The average molecular weight is 328 g/mol. The van der Waals surface area contributed by atoms with Gasteiger partial charge in [-0.3, -0.25) is 0 Å². The average Bonchev–Trinajstić information content (AvgIpc) is 2.57. The lowest BCUT2D eigenvalue weighted by atomic mass is 9.95. The lowest BCUT2D eigenvalue weighted by Crippen LogP contribution is -2.25. The van der Waals surface area contributed by atoms with Crippen molar-refractivity contribution in [2.24, 2.45) is 5.92 Å². The van der Waals surface area contributed by atoms with E-state index in [1.165, 1.54) is 51.0 Å². The number of unbranched alkanes of at least 4 members (excludes halogenated alkanes) is 6. The van der Waals surface area contributed by atoms with Gasteiger partial charge < -0.3 is 14.2 Å². The summed E-state index contributed by atoms with van der Waals surface area (Å²) in [6.07, 6.45) is 13.0. The second-order valence-corrected chi connectivity index (χ2v) is 6.02. The first-order valence-corrected chi connectivity index (χ1v) is 9.04. The minimum absolute atomic E-state index is 0.176. The van der Waals surface area contributed by atoms with Gasteiger partial charge >= 0.3 is 5.97 Å². The molecule has 0 aliphatic carbocycles. The Kier molecular flexibility index (Phi) is 15.4. The third-order valence-corrected chi connectivity index (χ3v) is 4.16. The summed E-state index contributed by atoms with van der Waals surface area (Å²) < 4.78 is 15.9. The van der Waals surface area contributed by atoms with Crippen LogP contribution in [0, 0.1) is 5.92 Å². The summed E-state index contributed by atoms with van der Waals surface area (Å²) in [6, 6.07) is 0. The van der Waals surface area contributed by atoms with Gasteiger partial charge in [0.1, 0.15) is 0 Å². The predicted molar refractivity (Wildman–Crippen MR) is 94.3 cm³/mol. The molecule has 1 unspecified atom stereocenters. The molecule has 0 aliphatic rings. The molecule has 4 heteroatoms. The summed E-state index contributed by atoms with van der Waals surface area (Å²) in [4.78, 5) is 11.0. The molecule has 0 heterocycles. The Morgan fingerprint density at radius 2 is 1.52 bits per heavy atom. The van der Waals surface area contributed by atoms with Crippen LogP contribution in [-0.4, -0.2) is 33.1 Å². The quantitative estimate of drug-likeness (QED) is 0.175. The Balaban J connectivity index is 3.95. The molecule has 0 radical (unpaired) electrons. The number of hydrogen-bond acceptors (Lipinski definition) is 4. The van der Waals surface area contributed by atoms with Gasteiger partial charge in [-0.15, -0.1) is 0 Å². The van der Waals surface area contributed by atoms with Crippen LogP contribution >= 0.6 is 0 Å². The van der Waals surface area contributed by atoms with E-state index in [1.807, 2.05) is 0 Å². The standard InChI is InChI=1S/C19H36O4/c1-5-7-8-9-10-11-12-14-17(19(21-3)22-4)15-13-16-23-18(20)6-2/h6,17,19H,2,5,7-16H2,1,3-4H3. The molecule has 0 fully saturated rings. The molecule has 0 saturated carbocycles. The number of hydrogen-bond donors (Lipinski definition) is 0. The predicted octanol–water partition coefficient (Wildman–Crippen LogP) is 4.87. The number of rotatable bonds is 16. The fourth-order valence-corrected chi connectivity index (χ4v) is 2.84. The summed E-state index contributed by atoms with van der Waals surface area (Å²) >= 11 is 0. The molecule has 0 bridgehead atoms. The summed E-state index contributed by atoms with van der Waals surface area (Å²) in [5.41, 5.74) is 0. The van der Waals surface area contributed by atoms with Crippen molar-refractivity contribution in [3.05, 3.63) is 12.7 Å². The lowest BCUT2D eigenvalue weighted by Gasteiger charge is -2.24. The van der Waals surface area contributed by atoms with Crippen molar-refractivity contribution in [2.45, 2.75) is 77.4 Å². The molecular weight excluding hydrogens is 292 g/mol. The molecule has 1 atom stereocenters. The first-order valence-electron chi connectivity index (χ1n) is 9.04. The van der Waals surface area contributed by atoms with E-state index in [1.54, 1.807) is 14.2 Å². The minimum atomic E-state index is -0.358. The van der Waals surface area contributed by atoms with Crippen molar-refractivity contribution < 1.29 is 19.0 Å². The van der Waals surface area contributed by atoms with Crippen molar-refractivity contribution in [1.29, 1.82) is 0 Å². The van der Waals surface area contributed by atoms with E-state index >= 15 is 0 Å². The van der Waals surface area contributed by atoms with Crippen LogP contribution in [0.3, 0.4) is 0 Å². The fourth-order valence-electron chi connectivity index (χ4n) is 2.84. The molecule has 0 rings (SSSR count). The maximum atomic E-state index is 11.0. The highest BCUT2D eigenvalue weighted by molar-refractivity contribution is 5.81. The van der Waals surface area contributed by atoms with Gasteiger partial charge in [0.25, 0.3) is 0 Å². The van der Waals surface area contributed by atoms with Crippen molar-refractivity contribution in [3.8, 4) is 0 Å². The van der Waals surface area contributed by atoms with Crippen LogP contribution in [0.4, 0.5) is 0 Å². The highest BCUT2D eigenvalue weighted by Gasteiger charge is 2.20. The Morgan fingerprint density at radius 3 is 2.09 bits per heavy atom. The van der Waals surface area contributed by atoms with Gasteiger partial charge in [-0.2, -0.15) is 0 Å². The first-order chi connectivity index (χ1) is 11.2. The largest absolute Gasteiger partial charge is 0.463 e. The molecule has 0 N–H and O–H groups in total. The summed E-state index contributed by atoms with van der Waals surface area (Å²) in [5.74, 6) is -0.00765. The van der Waals surface area contributed by atoms with E-state index in [0.717, 1.165) is 19.3 Å². The van der Waals surface area contributed by atoms with Gasteiger partial charge in [-0.25, -0.2) is 4.79 Å². The summed E-state index contributed by atoms with van der Waals surface area (Å²) in [5, 5.41) is 0. The Labute approximate surface area is 142 Å². The van der Waals surface area contributed by atoms with Gasteiger partial charge in [0.2, 0.25) is 0 Å². The summed E-state index contributed by atoms with van der Waals surface area (Å²) in [6.45, 7) is 6.06. The molecule has 0 aromatic carbocycles. The van der Waals surface area contributed by atoms with E-state index in [4.69, 9.17) is 14.2 Å². The molecule has 0 spiro atoms. The van der Waals surface area contributed by atoms with Gasteiger partial charge in [0.15, 0.2) is 6.29 Å². The van der Waals surface area contributed by atoms with Crippen LogP contribution in [0.2, 0.25) is 0 Å². The van der Waals surface area contributed by atoms with Gasteiger partial charge in [0.05, 0.1) is 6.61 Å². The van der Waals surface area contributed by atoms with Crippen molar-refractivity contribution in [3.63, 3.8) is 0 Å². The third-order valence-electron chi connectivity index (χ3n) is 4.16. The first kappa shape index (κ1) is 22.1. The number of carbonyl (C=O) groups is 1. The topological polar surface area (TPSA) is 44.8 Å². The van der Waals surface area contributed by atoms with E-state index in [9.17, 15) is 4.79 Å². The lowest BCUT2D eigenvalue weighted by molar-refractivity contribution is -0.143. The molecule has 23 heavy (non-hydrogen) atoms. The normalized spacial score (nSPS) is 12.3. The molecule has 0 saturated heterocycles. The number of methoxy groups -OCH3 is 2. The highest BCUT2D eigenvalue weighted by Crippen LogP contribution is 2.22. The van der Waals surface area contributed by atoms with Crippen molar-refractivity contribution in [2.75, 3.05) is 20.8 Å². The molecule has 0 aliphatic heterocycles. The molecule has 4 nitrogen and oxygen atoms in total. The molecule has 0 aromatic rings. The van der Waals surface area contributed by atoms with E-state index < -0.39 is 0 Å². The molecule has 136 valence electrons. The fraction of sp³-hybridized carbons (Fsp3) is 0.842. The second-order valence-electron chi connectivity index (χ2n) is 6.02. The zero-order valence-electron chi connectivity index (χ0n) is 15.4. The Hall–Kier alpha value is -0.870. The zero-order valence-corrected chi connectivity index (χ0v) is 15.4. The van der Waals surface area contributed by atoms with Crippen LogP contribution < -0.4 is 0 Å². The smallest absolute Gasteiger partial charge is 0.330 e. The minimum Gasteiger partial charge on any atom is -0.463 e. The molecule has 0 aromatic heterocycles. The van der Waals surface area contributed by atoms with E-state index in [0.29, 0.717) is 12.5 Å². The van der Waals surface area contributed by atoms with Crippen LogP contribution in [0.15, 0.2) is 12.7 Å². The maximum Gasteiger partial charge on any atom is 0.330 e. The zero-order chi connectivity index (χ0) is 17.3. The monoisotopic (exact) mass is 328 g/mol. The van der Waals surface area contributed by atoms with E-state index in [-0.39, 0.29) is 12.3 Å². The van der Waals surface area contributed by atoms with Gasteiger partial charge in [-0.05, 0) is 19.3 Å². The van der Waals surface area contributed by atoms with Crippen LogP contribution in [0.1, 0.15) is 71.1 Å². The molecular formula is C19H36O4. The third kappa shape index (κ3) is 12.2. The summed E-state index contributed by atoms with van der Waals surface area (Å²) in [7, 11) is 3.37. The van der Waals surface area contributed by atoms with Gasteiger partial charge in [0, 0.05) is 26.2 Å². The maximum absolute atomic E-state index is 11.0. The number of carbonyl (C=O) groups excluding carboxylic acids is 1. The second kappa shape index (κ2) is 16.0. The Bertz CT molecular complexity index is 287. The van der Waals surface area contributed by atoms with Crippen LogP contribution in [0.25, 0.3) is 0 Å². The van der Waals surface area contributed by atoms with Crippen molar-refractivity contribution >= 4 is 5.97 Å². The van der Waals surface area contributed by atoms with Crippen LogP contribution in [0.5, 0.6) is 0 Å². The highest BCUT2D eigenvalue weighted by atomic mass is 16.7. The number of esters is 1. The van der Waals surface area contributed by atoms with E-state index in [2.05, 4.69) is 13.5 Å². The van der Waals surface area contributed by atoms with Crippen LogP contribution in [-0.2, 0) is 19.0 Å². The number of ether oxygens (including phenoxy) is 3. The Morgan fingerprint density at radius 1 is 0.957 bits per heavy atom. The van der Waals surface area contributed by atoms with Gasteiger partial charge in [-0.1, -0.05) is 58.4 Å². The molecule has 0 amide bonds. The van der Waals surface area contributed by atoms with Crippen molar-refractivity contribution in [1.82, 2.24) is 0 Å².